The first kappa shape index (κ1) is 17.0. The van der Waals surface area contributed by atoms with Crippen LogP contribution in [0, 0.1) is 0 Å². The number of hydrogen-bond acceptors (Lipinski definition) is 3. The van der Waals surface area contributed by atoms with Gasteiger partial charge < -0.3 is 20.8 Å². The fourth-order valence-electron chi connectivity index (χ4n) is 2.99. The standard InChI is InChI=1S/C20H23N3O2/c1-13(21)20(24)23-11-17(14-7-9-15(25-2)10-8-14)18-12-22-19-6-4-3-5-16(18)19/h3-10,12-13,17,22H,11,21H2,1-2H3,(H,23,24)/t13-,17?/m1/s1. The molecule has 0 spiro atoms. The molecule has 5 heteroatoms. The summed E-state index contributed by atoms with van der Waals surface area (Å²) < 4.78 is 5.25. The van der Waals surface area contributed by atoms with Crippen LogP contribution in [0.5, 0.6) is 5.75 Å². The van der Waals surface area contributed by atoms with Crippen molar-refractivity contribution in [2.45, 2.75) is 18.9 Å². The first-order valence-electron chi connectivity index (χ1n) is 8.33. The monoisotopic (exact) mass is 337 g/mol. The summed E-state index contributed by atoms with van der Waals surface area (Å²) in [5, 5.41) is 4.10. The SMILES string of the molecule is COc1ccc(C(CNC(=O)[C@@H](C)N)c2c[nH]c3ccccc23)cc1. The summed E-state index contributed by atoms with van der Waals surface area (Å²) in [5.41, 5.74) is 9.00. The van der Waals surface area contributed by atoms with E-state index in [1.807, 2.05) is 48.7 Å². The van der Waals surface area contributed by atoms with Crippen LogP contribution in [0.2, 0.25) is 0 Å². The Morgan fingerprint density at radius 3 is 2.60 bits per heavy atom. The molecule has 0 aliphatic rings. The van der Waals surface area contributed by atoms with Crippen molar-refractivity contribution in [1.82, 2.24) is 10.3 Å². The molecule has 130 valence electrons. The predicted molar refractivity (Wildman–Crippen MR) is 99.8 cm³/mol. The number of fused-ring (bicyclic) bond motifs is 1. The maximum absolute atomic E-state index is 11.9. The van der Waals surface area contributed by atoms with Crippen LogP contribution in [0.3, 0.4) is 0 Å². The third kappa shape index (κ3) is 3.67. The molecule has 4 N–H and O–H groups in total. The van der Waals surface area contributed by atoms with Gasteiger partial charge >= 0.3 is 0 Å². The summed E-state index contributed by atoms with van der Waals surface area (Å²) in [6.07, 6.45) is 2.01. The molecule has 3 aromatic rings. The summed E-state index contributed by atoms with van der Waals surface area (Å²) in [6, 6.07) is 15.6. The molecule has 0 radical (unpaired) electrons. The number of nitrogens with two attached hydrogens (primary N) is 1. The third-order valence-electron chi connectivity index (χ3n) is 4.41. The van der Waals surface area contributed by atoms with Crippen molar-refractivity contribution in [3.63, 3.8) is 0 Å². The van der Waals surface area contributed by atoms with E-state index in [9.17, 15) is 4.79 Å². The average molecular weight is 337 g/mol. The molecule has 2 aromatic carbocycles. The van der Waals surface area contributed by atoms with Gasteiger partial charge in [-0.3, -0.25) is 4.79 Å². The van der Waals surface area contributed by atoms with Gasteiger partial charge in [0.15, 0.2) is 0 Å². The minimum absolute atomic E-state index is 0.0183. The summed E-state index contributed by atoms with van der Waals surface area (Å²) >= 11 is 0. The van der Waals surface area contributed by atoms with E-state index in [-0.39, 0.29) is 11.8 Å². The second-order valence-corrected chi connectivity index (χ2v) is 6.15. The number of benzene rings is 2. The Balaban J connectivity index is 1.97. The lowest BCUT2D eigenvalue weighted by Gasteiger charge is -2.19. The summed E-state index contributed by atoms with van der Waals surface area (Å²) in [5.74, 6) is 0.671. The fraction of sp³-hybridized carbons (Fsp3) is 0.250. The normalized spacial score (nSPS) is 13.4. The van der Waals surface area contributed by atoms with E-state index < -0.39 is 6.04 Å². The summed E-state index contributed by atoms with van der Waals surface area (Å²) in [6.45, 7) is 2.16. The lowest BCUT2D eigenvalue weighted by molar-refractivity contribution is -0.122. The molecule has 1 heterocycles. The topological polar surface area (TPSA) is 80.1 Å². The van der Waals surface area contributed by atoms with Gasteiger partial charge in [0, 0.05) is 29.6 Å². The Hall–Kier alpha value is -2.79. The molecule has 2 atom stereocenters. The highest BCUT2D eigenvalue weighted by Gasteiger charge is 2.20. The van der Waals surface area contributed by atoms with Gasteiger partial charge in [-0.15, -0.1) is 0 Å². The van der Waals surface area contributed by atoms with Crippen molar-refractivity contribution in [1.29, 1.82) is 0 Å². The number of aromatic amines is 1. The van der Waals surface area contributed by atoms with Crippen LogP contribution in [-0.4, -0.2) is 30.6 Å². The molecule has 0 aliphatic carbocycles. The highest BCUT2D eigenvalue weighted by Crippen LogP contribution is 2.31. The van der Waals surface area contributed by atoms with Crippen LogP contribution in [0.4, 0.5) is 0 Å². The number of carbonyl (C=O) groups excluding carboxylic acids is 1. The molecule has 0 fully saturated rings. The van der Waals surface area contributed by atoms with Gasteiger partial charge in [-0.2, -0.15) is 0 Å². The lowest BCUT2D eigenvalue weighted by Crippen LogP contribution is -2.40. The molecule has 1 aromatic heterocycles. The van der Waals surface area contributed by atoms with E-state index in [1.54, 1.807) is 14.0 Å². The number of para-hydroxylation sites is 1. The highest BCUT2D eigenvalue weighted by molar-refractivity contribution is 5.85. The van der Waals surface area contributed by atoms with Crippen molar-refractivity contribution >= 4 is 16.8 Å². The van der Waals surface area contributed by atoms with Crippen molar-refractivity contribution < 1.29 is 9.53 Å². The van der Waals surface area contributed by atoms with Crippen LogP contribution in [0.25, 0.3) is 10.9 Å². The number of carbonyl (C=O) groups is 1. The first-order valence-corrected chi connectivity index (χ1v) is 8.33. The van der Waals surface area contributed by atoms with Crippen molar-refractivity contribution in [2.75, 3.05) is 13.7 Å². The van der Waals surface area contributed by atoms with E-state index in [4.69, 9.17) is 10.5 Å². The molecule has 0 saturated heterocycles. The van der Waals surface area contributed by atoms with Gasteiger partial charge in [-0.1, -0.05) is 30.3 Å². The van der Waals surface area contributed by atoms with E-state index >= 15 is 0 Å². The van der Waals surface area contributed by atoms with Gasteiger partial charge in [0.05, 0.1) is 13.2 Å². The quantitative estimate of drug-likeness (QED) is 0.647. The van der Waals surface area contributed by atoms with Crippen LogP contribution < -0.4 is 15.8 Å². The van der Waals surface area contributed by atoms with Gasteiger partial charge in [0.2, 0.25) is 5.91 Å². The maximum Gasteiger partial charge on any atom is 0.236 e. The van der Waals surface area contributed by atoms with Crippen molar-refractivity contribution in [3.8, 4) is 5.75 Å². The Labute approximate surface area is 147 Å². The van der Waals surface area contributed by atoms with Gasteiger partial charge in [-0.05, 0) is 36.2 Å². The number of H-pyrrole nitrogens is 1. The van der Waals surface area contributed by atoms with E-state index in [0.29, 0.717) is 6.54 Å². The average Bonchev–Trinajstić information content (AvgIpc) is 3.06. The molecule has 5 nitrogen and oxygen atoms in total. The number of amides is 1. The molecule has 0 saturated carbocycles. The number of nitrogens with one attached hydrogen (secondary N) is 2. The Bertz CT molecular complexity index is 853. The van der Waals surface area contributed by atoms with Gasteiger partial charge in [0.25, 0.3) is 0 Å². The number of ether oxygens (including phenoxy) is 1. The molecule has 25 heavy (non-hydrogen) atoms. The van der Waals surface area contributed by atoms with Crippen LogP contribution in [0.15, 0.2) is 54.7 Å². The van der Waals surface area contributed by atoms with Gasteiger partial charge in [-0.25, -0.2) is 0 Å². The molecule has 0 aliphatic heterocycles. The Kier molecular flexibility index (Phi) is 5.05. The molecule has 1 unspecified atom stereocenters. The molecule has 1 amide bonds. The van der Waals surface area contributed by atoms with Crippen LogP contribution >= 0.6 is 0 Å². The number of aromatic nitrogens is 1. The van der Waals surface area contributed by atoms with Crippen LogP contribution in [-0.2, 0) is 4.79 Å². The minimum atomic E-state index is -0.528. The molecular formula is C20H23N3O2. The number of hydrogen-bond donors (Lipinski definition) is 3. The van der Waals surface area contributed by atoms with Crippen LogP contribution in [0.1, 0.15) is 24.0 Å². The van der Waals surface area contributed by atoms with Gasteiger partial charge in [0.1, 0.15) is 5.75 Å². The smallest absolute Gasteiger partial charge is 0.236 e. The van der Waals surface area contributed by atoms with Crippen molar-refractivity contribution in [3.05, 3.63) is 65.9 Å². The second kappa shape index (κ2) is 7.40. The van der Waals surface area contributed by atoms with E-state index in [0.717, 1.165) is 27.8 Å². The third-order valence-corrected chi connectivity index (χ3v) is 4.41. The Morgan fingerprint density at radius 1 is 1.20 bits per heavy atom. The zero-order chi connectivity index (χ0) is 17.8. The number of rotatable bonds is 6. The summed E-state index contributed by atoms with van der Waals surface area (Å²) in [4.78, 5) is 15.3. The van der Waals surface area contributed by atoms with E-state index in [2.05, 4.69) is 16.4 Å². The second-order valence-electron chi connectivity index (χ2n) is 6.15. The maximum atomic E-state index is 11.9. The Morgan fingerprint density at radius 2 is 1.92 bits per heavy atom. The first-order chi connectivity index (χ1) is 12.1. The number of methoxy groups -OCH3 is 1. The largest absolute Gasteiger partial charge is 0.497 e. The predicted octanol–water partition coefficient (Wildman–Crippen LogP) is 2.77. The molecule has 3 rings (SSSR count). The van der Waals surface area contributed by atoms with E-state index in [1.165, 1.54) is 0 Å². The van der Waals surface area contributed by atoms with Crippen molar-refractivity contribution in [2.24, 2.45) is 5.73 Å². The zero-order valence-electron chi connectivity index (χ0n) is 14.5. The highest BCUT2D eigenvalue weighted by atomic mass is 16.5. The molecule has 0 bridgehead atoms. The lowest BCUT2D eigenvalue weighted by atomic mass is 9.90. The zero-order valence-corrected chi connectivity index (χ0v) is 14.5. The molecular weight excluding hydrogens is 314 g/mol. The fourth-order valence-corrected chi connectivity index (χ4v) is 2.99. The summed E-state index contributed by atoms with van der Waals surface area (Å²) in [7, 11) is 1.65. The minimum Gasteiger partial charge on any atom is -0.497 e.